The number of aryl methyl sites for hydroxylation is 1. The van der Waals surface area contributed by atoms with E-state index in [2.05, 4.69) is 15.3 Å². The second kappa shape index (κ2) is 11.7. The largest absolute Gasteiger partial charge is 0.370 e. The van der Waals surface area contributed by atoms with Crippen LogP contribution < -0.4 is 5.32 Å². The third kappa shape index (κ3) is 6.36. The molecule has 10 heteroatoms. The number of likely N-dealkylation sites (N-methyl/N-ethyl adjacent to an activating group) is 1. The number of nitrogens with zero attached hydrogens (tertiary/aromatic N) is 5. The Balaban J connectivity index is 0.00000341. The van der Waals surface area contributed by atoms with E-state index in [4.69, 9.17) is 9.73 Å². The molecule has 1 fully saturated rings. The molecule has 0 spiro atoms. The fourth-order valence-corrected chi connectivity index (χ4v) is 3.59. The lowest BCUT2D eigenvalue weighted by Crippen LogP contribution is -2.48. The minimum absolute atomic E-state index is 0. The molecule has 0 saturated carbocycles. The lowest BCUT2D eigenvalue weighted by atomic mass is 10.0. The van der Waals surface area contributed by atoms with Gasteiger partial charge in [0.2, 0.25) is 0 Å². The van der Waals surface area contributed by atoms with Crippen molar-refractivity contribution in [1.29, 1.82) is 0 Å². The Kier molecular flexibility index (Phi) is 9.63. The second-order valence-electron chi connectivity index (χ2n) is 7.56. The first-order valence-corrected chi connectivity index (χ1v) is 10.1. The molecule has 0 aliphatic carbocycles. The molecule has 31 heavy (non-hydrogen) atoms. The van der Waals surface area contributed by atoms with E-state index in [1.807, 2.05) is 20.2 Å². The summed E-state index contributed by atoms with van der Waals surface area (Å²) in [6.45, 7) is 4.77. The molecule has 0 radical (unpaired) electrons. The molecule has 1 N–H and O–H groups in total. The molecule has 2 aromatic rings. The van der Waals surface area contributed by atoms with Crippen LogP contribution >= 0.6 is 24.0 Å². The maximum absolute atomic E-state index is 14.4. The highest BCUT2D eigenvalue weighted by Gasteiger charge is 2.26. The topological polar surface area (TPSA) is 57.9 Å². The first-order valence-electron chi connectivity index (χ1n) is 10.1. The van der Waals surface area contributed by atoms with Gasteiger partial charge in [0.15, 0.2) is 5.96 Å². The summed E-state index contributed by atoms with van der Waals surface area (Å²) in [7, 11) is 5.47. The molecule has 1 aliphatic heterocycles. The summed E-state index contributed by atoms with van der Waals surface area (Å²) in [6, 6.07) is 3.42. The average Bonchev–Trinajstić information content (AvgIpc) is 3.15. The van der Waals surface area contributed by atoms with Gasteiger partial charge in [0.1, 0.15) is 17.7 Å². The van der Waals surface area contributed by atoms with Crippen molar-refractivity contribution in [3.05, 3.63) is 53.4 Å². The van der Waals surface area contributed by atoms with E-state index < -0.39 is 17.7 Å². The van der Waals surface area contributed by atoms with E-state index in [-0.39, 0.29) is 42.2 Å². The van der Waals surface area contributed by atoms with Crippen LogP contribution in [0.25, 0.3) is 0 Å². The average molecular weight is 548 g/mol. The fourth-order valence-electron chi connectivity index (χ4n) is 3.59. The highest BCUT2D eigenvalue weighted by atomic mass is 127. The molecule has 172 valence electrons. The number of nitrogens with one attached hydrogen (secondary N) is 1. The van der Waals surface area contributed by atoms with Gasteiger partial charge in [0.25, 0.3) is 0 Å². The Morgan fingerprint density at radius 2 is 2.06 bits per heavy atom. The van der Waals surface area contributed by atoms with Gasteiger partial charge in [-0.25, -0.2) is 8.78 Å². The lowest BCUT2D eigenvalue weighted by Gasteiger charge is -2.35. The SMILES string of the molecule is CCNC(=NCC(c1c(F)cccc1F)N(C)C)N1CCOC(c2cnn(C)c2)C1.I. The standard InChI is InChI=1S/C21H30F2N6O.HI/c1-5-24-21(29-9-10-30-19(14-29)15-11-26-28(4)13-15)25-12-18(27(2)3)20-16(22)7-6-8-17(20)23;/h6-8,11,13,18-19H,5,9-10,12,14H2,1-4H3,(H,24,25);1H. The van der Waals surface area contributed by atoms with E-state index in [1.54, 1.807) is 29.9 Å². The van der Waals surface area contributed by atoms with Crippen LogP contribution in [0.1, 0.15) is 30.2 Å². The predicted molar refractivity (Wildman–Crippen MR) is 128 cm³/mol. The van der Waals surface area contributed by atoms with Crippen molar-refractivity contribution < 1.29 is 13.5 Å². The van der Waals surface area contributed by atoms with E-state index in [0.29, 0.717) is 32.2 Å². The molecular formula is C21H31F2IN6O. The molecule has 3 rings (SSSR count). The second-order valence-corrected chi connectivity index (χ2v) is 7.56. The van der Waals surface area contributed by atoms with Gasteiger partial charge in [-0.1, -0.05) is 6.07 Å². The zero-order valence-corrected chi connectivity index (χ0v) is 20.7. The number of halogens is 3. The lowest BCUT2D eigenvalue weighted by molar-refractivity contribution is -0.00807. The molecule has 1 saturated heterocycles. The van der Waals surface area contributed by atoms with Gasteiger partial charge in [-0.05, 0) is 33.2 Å². The van der Waals surface area contributed by atoms with E-state index in [9.17, 15) is 8.78 Å². The van der Waals surface area contributed by atoms with Crippen molar-refractivity contribution >= 4 is 29.9 Å². The zero-order valence-electron chi connectivity index (χ0n) is 18.4. The maximum atomic E-state index is 14.4. The first kappa shape index (κ1) is 25.5. The van der Waals surface area contributed by atoms with Gasteiger partial charge in [-0.15, -0.1) is 24.0 Å². The van der Waals surface area contributed by atoms with Crippen LogP contribution in [0.2, 0.25) is 0 Å². The molecule has 7 nitrogen and oxygen atoms in total. The third-order valence-electron chi connectivity index (χ3n) is 5.17. The number of ether oxygens (including phenoxy) is 1. The van der Waals surface area contributed by atoms with Gasteiger partial charge in [0.05, 0.1) is 31.9 Å². The number of hydrogen-bond donors (Lipinski definition) is 1. The number of aliphatic imine (C=N–C) groups is 1. The number of morpholine rings is 1. The van der Waals surface area contributed by atoms with Crippen LogP contribution in [0.4, 0.5) is 8.78 Å². The van der Waals surface area contributed by atoms with E-state index in [1.165, 1.54) is 18.2 Å². The van der Waals surface area contributed by atoms with Crippen LogP contribution in [-0.2, 0) is 11.8 Å². The minimum Gasteiger partial charge on any atom is -0.370 e. The van der Waals surface area contributed by atoms with Crippen molar-refractivity contribution in [2.24, 2.45) is 12.0 Å². The van der Waals surface area contributed by atoms with Gasteiger partial charge in [0, 0.05) is 37.5 Å². The van der Waals surface area contributed by atoms with Crippen LogP contribution in [0, 0.1) is 11.6 Å². The normalized spacial score (nSPS) is 18.1. The number of hydrogen-bond acceptors (Lipinski definition) is 4. The number of rotatable bonds is 6. The fraction of sp³-hybridized carbons (Fsp3) is 0.524. The summed E-state index contributed by atoms with van der Waals surface area (Å²) < 4.78 is 36.4. The summed E-state index contributed by atoms with van der Waals surface area (Å²) in [6.07, 6.45) is 3.65. The molecule has 2 heterocycles. The number of benzene rings is 1. The van der Waals surface area contributed by atoms with Crippen LogP contribution in [0.15, 0.2) is 35.6 Å². The predicted octanol–water partition coefficient (Wildman–Crippen LogP) is 2.96. The highest BCUT2D eigenvalue weighted by molar-refractivity contribution is 14.0. The zero-order chi connectivity index (χ0) is 21.7. The Bertz CT molecular complexity index is 855. The summed E-state index contributed by atoms with van der Waals surface area (Å²) in [5, 5.41) is 7.52. The van der Waals surface area contributed by atoms with Gasteiger partial charge >= 0.3 is 0 Å². The number of aromatic nitrogens is 2. The monoisotopic (exact) mass is 548 g/mol. The Labute approximate surface area is 199 Å². The quantitative estimate of drug-likeness (QED) is 0.342. The number of guanidine groups is 1. The van der Waals surface area contributed by atoms with E-state index >= 15 is 0 Å². The smallest absolute Gasteiger partial charge is 0.194 e. The molecule has 1 aromatic carbocycles. The highest BCUT2D eigenvalue weighted by Crippen LogP contribution is 2.25. The Morgan fingerprint density at radius 1 is 1.35 bits per heavy atom. The Morgan fingerprint density at radius 3 is 2.65 bits per heavy atom. The van der Waals surface area contributed by atoms with Crippen LogP contribution in [0.5, 0.6) is 0 Å². The third-order valence-corrected chi connectivity index (χ3v) is 5.17. The molecule has 2 atom stereocenters. The summed E-state index contributed by atoms with van der Waals surface area (Å²) in [5.74, 6) is -0.410. The van der Waals surface area contributed by atoms with Crippen molar-refractivity contribution in [1.82, 2.24) is 24.9 Å². The Hall–Kier alpha value is -1.79. The molecular weight excluding hydrogens is 517 g/mol. The van der Waals surface area contributed by atoms with Crippen molar-refractivity contribution in [3.63, 3.8) is 0 Å². The van der Waals surface area contributed by atoms with E-state index in [0.717, 1.165) is 5.56 Å². The van der Waals surface area contributed by atoms with Crippen molar-refractivity contribution in [2.45, 2.75) is 19.1 Å². The minimum atomic E-state index is -0.558. The van der Waals surface area contributed by atoms with Gasteiger partial charge < -0.3 is 19.9 Å². The molecule has 2 unspecified atom stereocenters. The summed E-state index contributed by atoms with van der Waals surface area (Å²) >= 11 is 0. The molecule has 0 bridgehead atoms. The van der Waals surface area contributed by atoms with Crippen molar-refractivity contribution in [2.75, 3.05) is 46.9 Å². The van der Waals surface area contributed by atoms with Gasteiger partial charge in [-0.2, -0.15) is 5.10 Å². The molecule has 1 aliphatic rings. The molecule has 1 aromatic heterocycles. The van der Waals surface area contributed by atoms with Crippen molar-refractivity contribution in [3.8, 4) is 0 Å². The summed E-state index contributed by atoms with van der Waals surface area (Å²) in [4.78, 5) is 8.63. The maximum Gasteiger partial charge on any atom is 0.194 e. The van der Waals surface area contributed by atoms with Crippen LogP contribution in [-0.4, -0.2) is 72.4 Å². The first-order chi connectivity index (χ1) is 14.4. The molecule has 0 amide bonds. The summed E-state index contributed by atoms with van der Waals surface area (Å²) in [5.41, 5.74) is 1.05. The van der Waals surface area contributed by atoms with Crippen LogP contribution in [0.3, 0.4) is 0 Å². The van der Waals surface area contributed by atoms with Gasteiger partial charge in [-0.3, -0.25) is 9.67 Å².